The molecule has 0 aliphatic carbocycles. The van der Waals surface area contributed by atoms with Gasteiger partial charge < -0.3 is 45.4 Å². The Morgan fingerprint density at radius 3 is 1.79 bits per heavy atom. The molecule has 2 atom stereocenters. The maximum atomic E-state index is 12.7. The van der Waals surface area contributed by atoms with Crippen LogP contribution in [-0.4, -0.2) is 105 Å². The van der Waals surface area contributed by atoms with Gasteiger partial charge in [0, 0.05) is 67.3 Å². The number of rotatable bonds is 10. The number of esters is 2. The number of hydrogen-bond acceptors (Lipinski definition) is 13. The standard InChI is InChI=1S/C20H25N5O3.C15H20N4O2.C5H7NO2/c1-4-28-18(26)15-10-23-17-14(7-8-22-17)16(15)24-13-6-5-9-25(11-13)19(27)20(2,3)12-21;1-2-21-15(20)12-9-18-14-11(5-7-17-14)13(12)19-10-4-3-6-16-8-10;1-5(2,3-6)4(7)8/h7-8,10,13H,4-6,9,11H2,1-3H3,(H2,22,23,24);5,7,9-10,16H,2-4,6,8H2,1H3,(H2,17,18,19);1-2H3,(H,7,8)/t13-;10-;/m11./s1. The highest BCUT2D eigenvalue weighted by Gasteiger charge is 2.35. The number of nitrogens with one attached hydrogen (secondary N) is 5. The number of aromatic amines is 2. The molecular formula is C40H52N10O7. The number of amides is 1. The Hall–Kier alpha value is -6.20. The van der Waals surface area contributed by atoms with E-state index in [-0.39, 0.29) is 24.5 Å². The lowest BCUT2D eigenvalue weighted by molar-refractivity contribution is -0.143. The van der Waals surface area contributed by atoms with E-state index >= 15 is 0 Å². The van der Waals surface area contributed by atoms with E-state index in [1.807, 2.05) is 18.3 Å². The molecule has 17 nitrogen and oxygen atoms in total. The Morgan fingerprint density at radius 1 is 0.842 bits per heavy atom. The first kappa shape index (κ1) is 43.5. The van der Waals surface area contributed by atoms with Crippen LogP contribution >= 0.6 is 0 Å². The van der Waals surface area contributed by atoms with Crippen LogP contribution < -0.4 is 16.0 Å². The molecule has 4 aromatic heterocycles. The molecule has 0 saturated carbocycles. The number of nitrogens with zero attached hydrogens (tertiary/aromatic N) is 5. The quantitative estimate of drug-likeness (QED) is 0.113. The van der Waals surface area contributed by atoms with Gasteiger partial charge in [-0.15, -0.1) is 0 Å². The smallest absolute Gasteiger partial charge is 0.341 e. The molecule has 6 heterocycles. The number of carboxylic acids is 1. The first-order valence-electron chi connectivity index (χ1n) is 19.0. The van der Waals surface area contributed by atoms with Crippen molar-refractivity contribution in [2.24, 2.45) is 10.8 Å². The minimum absolute atomic E-state index is 0.0409. The van der Waals surface area contributed by atoms with Crippen LogP contribution in [0.2, 0.25) is 0 Å². The number of anilines is 2. The molecule has 0 aromatic carbocycles. The summed E-state index contributed by atoms with van der Waals surface area (Å²) in [5.41, 5.74) is 1.49. The molecule has 4 aromatic rings. The van der Waals surface area contributed by atoms with Gasteiger partial charge in [-0.2, -0.15) is 10.5 Å². The fraction of sp³-hybridized carbons (Fsp3) is 0.500. The van der Waals surface area contributed by atoms with Crippen molar-refractivity contribution in [1.29, 1.82) is 10.5 Å². The summed E-state index contributed by atoms with van der Waals surface area (Å²) < 4.78 is 10.3. The van der Waals surface area contributed by atoms with Crippen LogP contribution in [0, 0.1) is 33.5 Å². The summed E-state index contributed by atoms with van der Waals surface area (Å²) >= 11 is 0. The van der Waals surface area contributed by atoms with Gasteiger partial charge in [-0.3, -0.25) is 9.59 Å². The minimum atomic E-state index is -1.24. The maximum absolute atomic E-state index is 12.7. The van der Waals surface area contributed by atoms with Crippen LogP contribution in [0.1, 0.15) is 87.9 Å². The second-order valence-corrected chi connectivity index (χ2v) is 14.7. The summed E-state index contributed by atoms with van der Waals surface area (Å²) in [5, 5.41) is 37.6. The number of aromatic nitrogens is 4. The van der Waals surface area contributed by atoms with Crippen molar-refractivity contribution < 1.29 is 33.8 Å². The Bertz CT molecular complexity index is 2120. The number of nitriles is 2. The van der Waals surface area contributed by atoms with Crippen molar-refractivity contribution in [2.75, 3.05) is 50.0 Å². The number of likely N-dealkylation sites (tertiary alicyclic amines) is 1. The number of H-pyrrole nitrogens is 2. The molecule has 2 saturated heterocycles. The lowest BCUT2D eigenvalue weighted by Crippen LogP contribution is -2.49. The predicted molar refractivity (Wildman–Crippen MR) is 213 cm³/mol. The van der Waals surface area contributed by atoms with E-state index in [9.17, 15) is 24.4 Å². The van der Waals surface area contributed by atoms with Gasteiger partial charge in [0.25, 0.3) is 0 Å². The van der Waals surface area contributed by atoms with Crippen LogP contribution in [0.3, 0.4) is 0 Å². The zero-order chi connectivity index (χ0) is 41.8. The van der Waals surface area contributed by atoms with E-state index in [1.54, 1.807) is 51.1 Å². The van der Waals surface area contributed by atoms with Crippen molar-refractivity contribution in [2.45, 2.75) is 79.3 Å². The SMILES string of the molecule is CC(C)(C#N)C(=O)O.CCOC(=O)c1cnc2[nH]ccc2c1N[C@@H]1CCCN(C(=O)C(C)(C)C#N)C1.CCOC(=O)c1cnc2[nH]ccc2c1N[C@@H]1CCCNC1. The zero-order valence-corrected chi connectivity index (χ0v) is 33.3. The molecule has 0 radical (unpaired) electrons. The molecule has 2 aliphatic heterocycles. The van der Waals surface area contributed by atoms with Gasteiger partial charge in [0.1, 0.15) is 33.3 Å². The fourth-order valence-corrected chi connectivity index (χ4v) is 6.21. The van der Waals surface area contributed by atoms with E-state index in [2.05, 4.69) is 42.0 Å². The number of carboxylic acid groups (broad SMARTS) is 1. The van der Waals surface area contributed by atoms with E-state index in [0.29, 0.717) is 48.2 Å². The summed E-state index contributed by atoms with van der Waals surface area (Å²) in [6, 6.07) is 7.78. The van der Waals surface area contributed by atoms with Crippen molar-refractivity contribution >= 4 is 57.3 Å². The summed E-state index contributed by atoms with van der Waals surface area (Å²) in [7, 11) is 0. The van der Waals surface area contributed by atoms with Crippen LogP contribution in [0.15, 0.2) is 36.9 Å². The highest BCUT2D eigenvalue weighted by atomic mass is 16.5. The topological polar surface area (TPSA) is 251 Å². The number of piperidine rings is 2. The molecule has 0 spiro atoms. The van der Waals surface area contributed by atoms with Crippen molar-refractivity contribution in [1.82, 2.24) is 30.2 Å². The van der Waals surface area contributed by atoms with Crippen LogP contribution in [-0.2, 0) is 19.1 Å². The molecule has 0 bridgehead atoms. The first-order chi connectivity index (χ1) is 27.2. The highest BCUT2D eigenvalue weighted by Crippen LogP contribution is 2.30. The van der Waals surface area contributed by atoms with Gasteiger partial charge in [0.15, 0.2) is 0 Å². The first-order valence-corrected chi connectivity index (χ1v) is 19.0. The lowest BCUT2D eigenvalue weighted by Gasteiger charge is -2.36. The number of fused-ring (bicyclic) bond motifs is 2. The normalized spacial score (nSPS) is 16.7. The maximum Gasteiger partial charge on any atom is 0.341 e. The molecule has 57 heavy (non-hydrogen) atoms. The Kier molecular flexibility index (Phi) is 15.0. The van der Waals surface area contributed by atoms with Crippen molar-refractivity contribution in [3.63, 3.8) is 0 Å². The third-order valence-electron chi connectivity index (χ3n) is 9.49. The van der Waals surface area contributed by atoms with E-state index < -0.39 is 22.8 Å². The Labute approximate surface area is 331 Å². The molecule has 0 unspecified atom stereocenters. The number of carbonyl (C=O) groups is 4. The van der Waals surface area contributed by atoms with E-state index in [4.69, 9.17) is 19.8 Å². The number of pyridine rings is 2. The summed E-state index contributed by atoms with van der Waals surface area (Å²) in [4.78, 5) is 63.7. The molecular weight excluding hydrogens is 733 g/mol. The van der Waals surface area contributed by atoms with Gasteiger partial charge in [-0.1, -0.05) is 0 Å². The molecule has 17 heteroatoms. The Morgan fingerprint density at radius 2 is 1.35 bits per heavy atom. The predicted octanol–water partition coefficient (Wildman–Crippen LogP) is 5.22. The summed E-state index contributed by atoms with van der Waals surface area (Å²) in [6.45, 7) is 13.2. The second-order valence-electron chi connectivity index (χ2n) is 14.7. The third kappa shape index (κ3) is 11.0. The lowest BCUT2D eigenvalue weighted by atomic mass is 9.92. The highest BCUT2D eigenvalue weighted by molar-refractivity contribution is 6.05. The zero-order valence-electron chi connectivity index (χ0n) is 33.3. The molecule has 304 valence electrons. The van der Waals surface area contributed by atoms with Crippen molar-refractivity contribution in [3.05, 3.63) is 48.0 Å². The van der Waals surface area contributed by atoms with Gasteiger partial charge in [-0.25, -0.2) is 19.6 Å². The van der Waals surface area contributed by atoms with E-state index in [0.717, 1.165) is 60.9 Å². The molecule has 6 N–H and O–H groups in total. The monoisotopic (exact) mass is 784 g/mol. The second kappa shape index (κ2) is 19.6. The number of aliphatic carboxylic acids is 1. The molecule has 2 fully saturated rings. The van der Waals surface area contributed by atoms with Crippen molar-refractivity contribution in [3.8, 4) is 12.1 Å². The fourth-order valence-electron chi connectivity index (χ4n) is 6.21. The molecule has 1 amide bonds. The van der Waals surface area contributed by atoms with Gasteiger partial charge in [-0.05, 0) is 85.9 Å². The Balaban J connectivity index is 0.000000218. The average molecular weight is 785 g/mol. The average Bonchev–Trinajstić information content (AvgIpc) is 3.90. The van der Waals surface area contributed by atoms with Crippen LogP contribution in [0.4, 0.5) is 11.4 Å². The number of carbonyl (C=O) groups excluding carboxylic acids is 3. The van der Waals surface area contributed by atoms with Gasteiger partial charge in [0.05, 0.1) is 36.7 Å². The van der Waals surface area contributed by atoms with E-state index in [1.165, 1.54) is 20.0 Å². The minimum Gasteiger partial charge on any atom is -0.480 e. The number of hydrogen-bond donors (Lipinski definition) is 6. The van der Waals surface area contributed by atoms with Gasteiger partial charge >= 0.3 is 17.9 Å². The number of ether oxygens (including phenoxy) is 2. The largest absolute Gasteiger partial charge is 0.480 e. The van der Waals surface area contributed by atoms with Crippen LogP contribution in [0.25, 0.3) is 22.1 Å². The molecule has 6 rings (SSSR count). The summed E-state index contributed by atoms with van der Waals surface area (Å²) in [6.07, 6.45) is 10.6. The molecule has 2 aliphatic rings. The van der Waals surface area contributed by atoms with Crippen LogP contribution in [0.5, 0.6) is 0 Å². The summed E-state index contributed by atoms with van der Waals surface area (Å²) in [5.74, 6) is -2.03. The van der Waals surface area contributed by atoms with Gasteiger partial charge in [0.2, 0.25) is 5.91 Å². The third-order valence-corrected chi connectivity index (χ3v) is 9.49.